The number of ether oxygens (including phenoxy) is 2. The summed E-state index contributed by atoms with van der Waals surface area (Å²) in [5.74, 6) is 1.24. The van der Waals surface area contributed by atoms with Gasteiger partial charge in [0.1, 0.15) is 6.29 Å². The lowest BCUT2D eigenvalue weighted by Crippen LogP contribution is -2.14. The van der Waals surface area contributed by atoms with E-state index in [-0.39, 0.29) is 6.10 Å². The maximum Gasteiger partial charge on any atom is 0.161 e. The molecule has 0 saturated carbocycles. The number of carbonyl (C=O) groups is 1. The van der Waals surface area contributed by atoms with E-state index >= 15 is 0 Å². The molecule has 3 nitrogen and oxygen atoms in total. The summed E-state index contributed by atoms with van der Waals surface area (Å²) in [6.45, 7) is 5.86. The van der Waals surface area contributed by atoms with Crippen molar-refractivity contribution < 1.29 is 14.3 Å². The van der Waals surface area contributed by atoms with Crippen molar-refractivity contribution in [3.8, 4) is 11.5 Å². The second kappa shape index (κ2) is 6.16. The first-order valence-corrected chi connectivity index (χ1v) is 5.34. The van der Waals surface area contributed by atoms with E-state index in [0.29, 0.717) is 23.5 Å². The Morgan fingerprint density at radius 3 is 2.69 bits per heavy atom. The van der Waals surface area contributed by atoms with Gasteiger partial charge in [-0.05, 0) is 38.0 Å². The van der Waals surface area contributed by atoms with Gasteiger partial charge >= 0.3 is 0 Å². The van der Waals surface area contributed by atoms with Crippen molar-refractivity contribution in [2.75, 3.05) is 7.11 Å². The van der Waals surface area contributed by atoms with Gasteiger partial charge in [-0.15, -0.1) is 0 Å². The molecule has 0 aromatic heterocycles. The van der Waals surface area contributed by atoms with Gasteiger partial charge in [-0.3, -0.25) is 4.79 Å². The van der Waals surface area contributed by atoms with Crippen LogP contribution in [-0.4, -0.2) is 19.5 Å². The monoisotopic (exact) mass is 221 g/mol. The molecule has 1 radical (unpaired) electrons. The Bertz CT molecular complexity index is 343. The molecule has 0 aliphatic carbocycles. The zero-order valence-corrected chi connectivity index (χ0v) is 9.73. The van der Waals surface area contributed by atoms with E-state index in [9.17, 15) is 4.79 Å². The molecule has 1 aromatic rings. The largest absolute Gasteiger partial charge is 0.493 e. The fourth-order valence-corrected chi connectivity index (χ4v) is 1.38. The first-order valence-electron chi connectivity index (χ1n) is 5.34. The maximum absolute atomic E-state index is 10.6. The zero-order chi connectivity index (χ0) is 12.0. The Morgan fingerprint density at radius 2 is 2.19 bits per heavy atom. The number of hydrogen-bond acceptors (Lipinski definition) is 3. The number of carbonyl (C=O) groups excluding carboxylic acids is 1. The van der Waals surface area contributed by atoms with E-state index in [4.69, 9.17) is 9.47 Å². The minimum absolute atomic E-state index is 0.0796. The molecule has 87 valence electrons. The molecule has 3 heteroatoms. The molecule has 1 aromatic carbocycles. The summed E-state index contributed by atoms with van der Waals surface area (Å²) >= 11 is 0. The van der Waals surface area contributed by atoms with Crippen LogP contribution in [-0.2, 0) is 0 Å². The Labute approximate surface area is 96.4 Å². The second-order valence-corrected chi connectivity index (χ2v) is 3.46. The molecule has 0 heterocycles. The van der Waals surface area contributed by atoms with Crippen LogP contribution in [0.5, 0.6) is 11.5 Å². The molecular weight excluding hydrogens is 204 g/mol. The van der Waals surface area contributed by atoms with Gasteiger partial charge in [-0.2, -0.15) is 0 Å². The van der Waals surface area contributed by atoms with Crippen molar-refractivity contribution >= 4 is 6.29 Å². The van der Waals surface area contributed by atoms with E-state index in [0.717, 1.165) is 12.7 Å². The number of methoxy groups -OCH3 is 1. The predicted molar refractivity (Wildman–Crippen MR) is 63.1 cm³/mol. The molecule has 0 aliphatic rings. The topological polar surface area (TPSA) is 35.5 Å². The standard InChI is InChI=1S/C13H17O3/c1-4-11(5-2)16-12-7-6-10(9-14)8-13(12)15-3/h6-9,11H,1,4-5H2,2-3H3. The van der Waals surface area contributed by atoms with Crippen LogP contribution < -0.4 is 9.47 Å². The lowest BCUT2D eigenvalue weighted by molar-refractivity contribution is 0.112. The zero-order valence-electron chi connectivity index (χ0n) is 9.73. The third kappa shape index (κ3) is 2.99. The van der Waals surface area contributed by atoms with Crippen molar-refractivity contribution in [2.45, 2.75) is 25.9 Å². The lowest BCUT2D eigenvalue weighted by atomic mass is 10.2. The number of hydrogen-bond donors (Lipinski definition) is 0. The summed E-state index contributed by atoms with van der Waals surface area (Å²) in [6.07, 6.45) is 2.46. The Balaban J connectivity index is 2.90. The summed E-state index contributed by atoms with van der Waals surface area (Å²) in [5.41, 5.74) is 0.576. The van der Waals surface area contributed by atoms with Gasteiger partial charge < -0.3 is 9.47 Å². The normalized spacial score (nSPS) is 10.2. The van der Waals surface area contributed by atoms with Crippen LogP contribution >= 0.6 is 0 Å². The molecule has 0 bridgehead atoms. The Morgan fingerprint density at radius 1 is 1.44 bits per heavy atom. The highest BCUT2D eigenvalue weighted by atomic mass is 16.5. The molecule has 0 fully saturated rings. The van der Waals surface area contributed by atoms with Crippen molar-refractivity contribution in [2.24, 2.45) is 0 Å². The highest BCUT2D eigenvalue weighted by Crippen LogP contribution is 2.29. The molecule has 0 aliphatic heterocycles. The van der Waals surface area contributed by atoms with Crippen LogP contribution in [0.3, 0.4) is 0 Å². The summed E-state index contributed by atoms with van der Waals surface area (Å²) < 4.78 is 10.9. The molecule has 1 atom stereocenters. The predicted octanol–water partition coefficient (Wildman–Crippen LogP) is 2.89. The van der Waals surface area contributed by atoms with E-state index in [1.54, 1.807) is 25.3 Å². The number of benzene rings is 1. The first kappa shape index (κ1) is 12.6. The second-order valence-electron chi connectivity index (χ2n) is 3.46. The SMILES string of the molecule is [CH2]CC(CC)Oc1ccc(C=O)cc1OC. The number of rotatable bonds is 6. The maximum atomic E-state index is 10.6. The van der Waals surface area contributed by atoms with Crippen LogP contribution in [0.25, 0.3) is 0 Å². The van der Waals surface area contributed by atoms with Crippen LogP contribution in [0, 0.1) is 6.92 Å². The average molecular weight is 221 g/mol. The molecule has 0 N–H and O–H groups in total. The van der Waals surface area contributed by atoms with Crippen LogP contribution in [0.4, 0.5) is 0 Å². The quantitative estimate of drug-likeness (QED) is 0.693. The molecular formula is C13H17O3. The van der Waals surface area contributed by atoms with Gasteiger partial charge in [-0.1, -0.05) is 6.92 Å². The molecule has 0 amide bonds. The molecule has 0 saturated heterocycles. The van der Waals surface area contributed by atoms with Crippen molar-refractivity contribution in [1.82, 2.24) is 0 Å². The molecule has 16 heavy (non-hydrogen) atoms. The van der Waals surface area contributed by atoms with Crippen LogP contribution in [0.2, 0.25) is 0 Å². The fourth-order valence-electron chi connectivity index (χ4n) is 1.38. The summed E-state index contributed by atoms with van der Waals surface area (Å²) in [5, 5.41) is 0. The molecule has 1 unspecified atom stereocenters. The van der Waals surface area contributed by atoms with E-state index in [1.165, 1.54) is 0 Å². The Hall–Kier alpha value is -1.51. The Kier molecular flexibility index (Phi) is 4.83. The highest BCUT2D eigenvalue weighted by Gasteiger charge is 2.10. The van der Waals surface area contributed by atoms with Gasteiger partial charge in [-0.25, -0.2) is 0 Å². The lowest BCUT2D eigenvalue weighted by Gasteiger charge is -2.17. The van der Waals surface area contributed by atoms with Gasteiger partial charge in [0.2, 0.25) is 0 Å². The van der Waals surface area contributed by atoms with Crippen molar-refractivity contribution in [3.05, 3.63) is 30.7 Å². The minimum Gasteiger partial charge on any atom is -0.493 e. The third-order valence-corrected chi connectivity index (χ3v) is 2.39. The van der Waals surface area contributed by atoms with Crippen molar-refractivity contribution in [3.63, 3.8) is 0 Å². The first-order chi connectivity index (χ1) is 7.74. The summed E-state index contributed by atoms with van der Waals surface area (Å²) in [7, 11) is 1.56. The van der Waals surface area contributed by atoms with Gasteiger partial charge in [0.25, 0.3) is 0 Å². The average Bonchev–Trinajstić information content (AvgIpc) is 2.35. The summed E-state index contributed by atoms with van der Waals surface area (Å²) in [4.78, 5) is 10.6. The number of aldehydes is 1. The fraction of sp³-hybridized carbons (Fsp3) is 0.385. The van der Waals surface area contributed by atoms with Gasteiger partial charge in [0.05, 0.1) is 13.2 Å². The van der Waals surface area contributed by atoms with Crippen LogP contribution in [0.15, 0.2) is 18.2 Å². The van der Waals surface area contributed by atoms with Gasteiger partial charge in [0.15, 0.2) is 11.5 Å². The third-order valence-electron chi connectivity index (χ3n) is 2.39. The summed E-state index contributed by atoms with van der Waals surface area (Å²) in [6, 6.07) is 5.12. The van der Waals surface area contributed by atoms with Crippen molar-refractivity contribution in [1.29, 1.82) is 0 Å². The highest BCUT2D eigenvalue weighted by molar-refractivity contribution is 5.76. The van der Waals surface area contributed by atoms with E-state index < -0.39 is 0 Å². The van der Waals surface area contributed by atoms with E-state index in [2.05, 4.69) is 6.92 Å². The molecule has 1 rings (SSSR count). The van der Waals surface area contributed by atoms with Crippen LogP contribution in [0.1, 0.15) is 30.1 Å². The molecule has 0 spiro atoms. The minimum atomic E-state index is 0.0796. The van der Waals surface area contributed by atoms with Gasteiger partial charge in [0, 0.05) is 5.56 Å². The van der Waals surface area contributed by atoms with E-state index in [1.807, 2.05) is 6.92 Å². The smallest absolute Gasteiger partial charge is 0.161 e.